The second kappa shape index (κ2) is 6.91. The maximum atomic E-state index is 11.1. The Kier molecular flexibility index (Phi) is 5.49. The van der Waals surface area contributed by atoms with Crippen LogP contribution in [0.1, 0.15) is 25.3 Å². The van der Waals surface area contributed by atoms with Crippen molar-refractivity contribution < 1.29 is 15.0 Å². The summed E-state index contributed by atoms with van der Waals surface area (Å²) in [5.41, 5.74) is 0.902. The van der Waals surface area contributed by atoms with E-state index in [9.17, 15) is 4.79 Å². The molecule has 0 saturated carbocycles. The highest BCUT2D eigenvalue weighted by Crippen LogP contribution is 2.11. The Labute approximate surface area is 101 Å². The average Bonchev–Trinajstić information content (AvgIpc) is 2.30. The molecule has 1 aromatic carbocycles. The zero-order valence-electron chi connectivity index (χ0n) is 10.0. The first-order valence-corrected chi connectivity index (χ1v) is 5.87. The molecule has 0 radical (unpaired) electrons. The van der Waals surface area contributed by atoms with Crippen molar-refractivity contribution in [2.45, 2.75) is 32.2 Å². The Balaban J connectivity index is 2.54. The molecule has 3 N–H and O–H groups in total. The molecule has 0 aliphatic heterocycles. The van der Waals surface area contributed by atoms with Crippen molar-refractivity contribution in [2.24, 2.45) is 0 Å². The van der Waals surface area contributed by atoms with Crippen LogP contribution in [-0.2, 0) is 11.2 Å². The van der Waals surface area contributed by atoms with E-state index in [-0.39, 0.29) is 5.75 Å². The van der Waals surface area contributed by atoms with Gasteiger partial charge in [-0.3, -0.25) is 4.79 Å². The number of carbonyl (C=O) groups is 1. The van der Waals surface area contributed by atoms with Gasteiger partial charge in [-0.2, -0.15) is 0 Å². The van der Waals surface area contributed by atoms with Crippen molar-refractivity contribution >= 4 is 5.97 Å². The Morgan fingerprint density at radius 3 is 2.53 bits per heavy atom. The molecular weight excluding hydrogens is 218 g/mol. The van der Waals surface area contributed by atoms with Crippen LogP contribution >= 0.6 is 0 Å². The monoisotopic (exact) mass is 237 g/mol. The molecule has 0 aliphatic carbocycles. The molecule has 17 heavy (non-hydrogen) atoms. The highest BCUT2D eigenvalue weighted by Gasteiger charge is 2.16. The summed E-state index contributed by atoms with van der Waals surface area (Å²) in [7, 11) is 0. The highest BCUT2D eigenvalue weighted by atomic mass is 16.4. The standard InChI is InChI=1S/C13H19NO3/c1-2-3-8-14-12(13(16)17)9-10-4-6-11(15)7-5-10/h4-7,12,14-15H,2-3,8-9H2,1H3,(H,16,17)/t12-/m1/s1. The lowest BCUT2D eigenvalue weighted by Crippen LogP contribution is -2.39. The van der Waals surface area contributed by atoms with Gasteiger partial charge in [0.1, 0.15) is 11.8 Å². The number of rotatable bonds is 7. The van der Waals surface area contributed by atoms with E-state index in [1.165, 1.54) is 0 Å². The van der Waals surface area contributed by atoms with E-state index < -0.39 is 12.0 Å². The number of aliphatic carboxylic acids is 1. The van der Waals surface area contributed by atoms with E-state index in [4.69, 9.17) is 10.2 Å². The maximum absolute atomic E-state index is 11.1. The number of nitrogens with one attached hydrogen (secondary N) is 1. The Morgan fingerprint density at radius 1 is 1.35 bits per heavy atom. The third kappa shape index (κ3) is 4.87. The third-order valence-electron chi connectivity index (χ3n) is 2.60. The van der Waals surface area contributed by atoms with Crippen molar-refractivity contribution in [2.75, 3.05) is 6.54 Å². The lowest BCUT2D eigenvalue weighted by molar-refractivity contribution is -0.139. The first-order valence-electron chi connectivity index (χ1n) is 5.87. The van der Waals surface area contributed by atoms with Crippen molar-refractivity contribution in [3.8, 4) is 5.75 Å². The minimum absolute atomic E-state index is 0.194. The first-order chi connectivity index (χ1) is 8.13. The summed E-state index contributed by atoms with van der Waals surface area (Å²) in [5.74, 6) is -0.645. The SMILES string of the molecule is CCCCN[C@H](Cc1ccc(O)cc1)C(=O)O. The van der Waals surface area contributed by atoms with Crippen LogP contribution in [0.4, 0.5) is 0 Å². The second-order valence-electron chi connectivity index (χ2n) is 4.07. The van der Waals surface area contributed by atoms with Gasteiger partial charge in [-0.25, -0.2) is 0 Å². The van der Waals surface area contributed by atoms with Gasteiger partial charge in [0.2, 0.25) is 0 Å². The fourth-order valence-corrected chi connectivity index (χ4v) is 1.57. The summed E-state index contributed by atoms with van der Waals surface area (Å²) < 4.78 is 0. The van der Waals surface area contributed by atoms with Crippen LogP contribution in [0, 0.1) is 0 Å². The van der Waals surface area contributed by atoms with Crippen LogP contribution in [0.2, 0.25) is 0 Å². The van der Waals surface area contributed by atoms with Crippen LogP contribution in [0.15, 0.2) is 24.3 Å². The molecule has 0 bridgehead atoms. The molecule has 0 unspecified atom stereocenters. The van der Waals surface area contributed by atoms with Gasteiger partial charge in [-0.05, 0) is 37.1 Å². The van der Waals surface area contributed by atoms with Crippen LogP contribution < -0.4 is 5.32 Å². The van der Waals surface area contributed by atoms with Crippen LogP contribution in [0.25, 0.3) is 0 Å². The van der Waals surface area contributed by atoms with E-state index >= 15 is 0 Å². The lowest BCUT2D eigenvalue weighted by atomic mass is 10.1. The summed E-state index contributed by atoms with van der Waals surface area (Å²) in [4.78, 5) is 11.1. The molecular formula is C13H19NO3. The van der Waals surface area contributed by atoms with Gasteiger partial charge in [0, 0.05) is 0 Å². The zero-order chi connectivity index (χ0) is 12.7. The molecule has 4 heteroatoms. The Bertz CT molecular complexity index is 348. The molecule has 0 saturated heterocycles. The summed E-state index contributed by atoms with van der Waals surface area (Å²) in [6.07, 6.45) is 2.44. The van der Waals surface area contributed by atoms with E-state index in [0.29, 0.717) is 13.0 Å². The molecule has 1 rings (SSSR count). The van der Waals surface area contributed by atoms with Gasteiger partial charge in [0.25, 0.3) is 0 Å². The number of unbranched alkanes of at least 4 members (excludes halogenated alkanes) is 1. The maximum Gasteiger partial charge on any atom is 0.321 e. The number of phenols is 1. The fourth-order valence-electron chi connectivity index (χ4n) is 1.57. The number of hydrogen-bond acceptors (Lipinski definition) is 3. The minimum atomic E-state index is -0.839. The summed E-state index contributed by atoms with van der Waals surface area (Å²) >= 11 is 0. The normalized spacial score (nSPS) is 12.3. The second-order valence-corrected chi connectivity index (χ2v) is 4.07. The van der Waals surface area contributed by atoms with Gasteiger partial charge < -0.3 is 15.5 Å². The molecule has 94 valence electrons. The van der Waals surface area contributed by atoms with Gasteiger partial charge in [-0.15, -0.1) is 0 Å². The smallest absolute Gasteiger partial charge is 0.321 e. The van der Waals surface area contributed by atoms with E-state index in [0.717, 1.165) is 18.4 Å². The molecule has 0 aromatic heterocycles. The van der Waals surface area contributed by atoms with Crippen molar-refractivity contribution in [3.05, 3.63) is 29.8 Å². The number of benzene rings is 1. The van der Waals surface area contributed by atoms with E-state index in [1.807, 2.05) is 0 Å². The van der Waals surface area contributed by atoms with Crippen molar-refractivity contribution in [1.29, 1.82) is 0 Å². The predicted octanol–water partition coefficient (Wildman–Crippen LogP) is 1.78. The van der Waals surface area contributed by atoms with Crippen molar-refractivity contribution in [3.63, 3.8) is 0 Å². The Hall–Kier alpha value is -1.55. The quantitative estimate of drug-likeness (QED) is 0.632. The topological polar surface area (TPSA) is 69.6 Å². The fraction of sp³-hybridized carbons (Fsp3) is 0.462. The molecule has 4 nitrogen and oxygen atoms in total. The molecule has 0 spiro atoms. The van der Waals surface area contributed by atoms with Crippen LogP contribution in [0.3, 0.4) is 0 Å². The summed E-state index contributed by atoms with van der Waals surface area (Å²) in [6, 6.07) is 6.06. The van der Waals surface area contributed by atoms with E-state index in [2.05, 4.69) is 12.2 Å². The number of aromatic hydroxyl groups is 1. The van der Waals surface area contributed by atoms with Gasteiger partial charge in [0.05, 0.1) is 0 Å². The summed E-state index contributed by atoms with van der Waals surface area (Å²) in [6.45, 7) is 2.78. The zero-order valence-corrected chi connectivity index (χ0v) is 10.0. The lowest BCUT2D eigenvalue weighted by Gasteiger charge is -2.14. The minimum Gasteiger partial charge on any atom is -0.508 e. The first kappa shape index (κ1) is 13.5. The van der Waals surface area contributed by atoms with Gasteiger partial charge in [-0.1, -0.05) is 25.5 Å². The van der Waals surface area contributed by atoms with Crippen molar-refractivity contribution in [1.82, 2.24) is 5.32 Å². The molecule has 1 aromatic rings. The Morgan fingerprint density at radius 2 is 2.00 bits per heavy atom. The number of phenolic OH excluding ortho intramolecular Hbond substituents is 1. The summed E-state index contributed by atoms with van der Waals surface area (Å²) in [5, 5.41) is 21.2. The highest BCUT2D eigenvalue weighted by molar-refractivity contribution is 5.73. The number of carboxylic acid groups (broad SMARTS) is 1. The molecule has 0 heterocycles. The number of hydrogen-bond donors (Lipinski definition) is 3. The van der Waals surface area contributed by atoms with Crippen LogP contribution in [-0.4, -0.2) is 28.8 Å². The van der Waals surface area contributed by atoms with Crippen LogP contribution in [0.5, 0.6) is 5.75 Å². The molecule has 1 atom stereocenters. The van der Waals surface area contributed by atoms with E-state index in [1.54, 1.807) is 24.3 Å². The van der Waals surface area contributed by atoms with Gasteiger partial charge >= 0.3 is 5.97 Å². The number of carboxylic acids is 1. The predicted molar refractivity (Wildman–Crippen MR) is 66.1 cm³/mol. The average molecular weight is 237 g/mol. The largest absolute Gasteiger partial charge is 0.508 e. The third-order valence-corrected chi connectivity index (χ3v) is 2.60. The molecule has 0 amide bonds. The molecule has 0 fully saturated rings. The van der Waals surface area contributed by atoms with Gasteiger partial charge in [0.15, 0.2) is 0 Å². The molecule has 0 aliphatic rings.